The van der Waals surface area contributed by atoms with E-state index in [1.807, 2.05) is 11.8 Å². The van der Waals surface area contributed by atoms with Crippen molar-refractivity contribution >= 4 is 33.7 Å². The zero-order chi connectivity index (χ0) is 23.2. The lowest BCUT2D eigenvalue weighted by Crippen LogP contribution is -2.36. The number of amides is 2. The Morgan fingerprint density at radius 3 is 2.25 bits per heavy atom. The van der Waals surface area contributed by atoms with E-state index in [2.05, 4.69) is 14.8 Å². The fourth-order valence-electron chi connectivity index (χ4n) is 3.59. The van der Waals surface area contributed by atoms with Crippen molar-refractivity contribution in [3.8, 4) is 0 Å². The molecule has 2 heterocycles. The standard InChI is InChI=1S/C20H36N2O8S2/c1-32(25,26)30-14-13-29-12-11-28-10-9-27-8-4-6-16(23)5-2-3-7-18-19-17(15-31-18)21-20(24)22-19/h17-19H,2-15H2,1H3,(H2,21,22,24)/t17-,18-,19-/m0/s1. The number of hydrogen-bond donors (Lipinski definition) is 2. The first-order chi connectivity index (χ1) is 15.3. The molecule has 0 bridgehead atoms. The third-order valence-electron chi connectivity index (χ3n) is 5.15. The largest absolute Gasteiger partial charge is 0.379 e. The van der Waals surface area contributed by atoms with E-state index in [1.54, 1.807) is 0 Å². The number of unbranched alkanes of at least 4 members (excludes halogenated alkanes) is 1. The molecule has 0 aliphatic carbocycles. The number of carbonyl (C=O) groups is 2. The molecule has 186 valence electrons. The average Bonchev–Trinajstić information content (AvgIpc) is 3.27. The fourth-order valence-corrected chi connectivity index (χ4v) is 5.51. The molecule has 0 aromatic carbocycles. The molecular formula is C20H36N2O8S2. The molecule has 2 rings (SSSR count). The van der Waals surface area contributed by atoms with Gasteiger partial charge in [0.25, 0.3) is 10.1 Å². The van der Waals surface area contributed by atoms with Gasteiger partial charge in [-0.15, -0.1) is 0 Å². The lowest BCUT2D eigenvalue weighted by molar-refractivity contribution is -0.119. The molecule has 32 heavy (non-hydrogen) atoms. The minimum Gasteiger partial charge on any atom is -0.379 e. The summed E-state index contributed by atoms with van der Waals surface area (Å²) in [4.78, 5) is 23.4. The summed E-state index contributed by atoms with van der Waals surface area (Å²) in [6, 6.07) is 0.433. The number of nitrogens with one attached hydrogen (secondary N) is 2. The number of ketones is 1. The van der Waals surface area contributed by atoms with E-state index in [9.17, 15) is 18.0 Å². The molecule has 2 amide bonds. The summed E-state index contributed by atoms with van der Waals surface area (Å²) < 4.78 is 42.0. The van der Waals surface area contributed by atoms with Crippen LogP contribution in [0.5, 0.6) is 0 Å². The van der Waals surface area contributed by atoms with Crippen LogP contribution in [0.2, 0.25) is 0 Å². The van der Waals surface area contributed by atoms with E-state index in [1.165, 1.54) is 0 Å². The molecule has 2 saturated heterocycles. The van der Waals surface area contributed by atoms with Crippen molar-refractivity contribution in [3.05, 3.63) is 0 Å². The second-order valence-electron chi connectivity index (χ2n) is 7.87. The number of urea groups is 1. The third-order valence-corrected chi connectivity index (χ3v) is 7.25. The van der Waals surface area contributed by atoms with Gasteiger partial charge in [0.1, 0.15) is 5.78 Å². The van der Waals surface area contributed by atoms with Crippen LogP contribution in [0.25, 0.3) is 0 Å². The van der Waals surface area contributed by atoms with Gasteiger partial charge in [0.15, 0.2) is 0 Å². The van der Waals surface area contributed by atoms with Crippen molar-refractivity contribution in [2.45, 2.75) is 55.9 Å². The normalized spacial score (nSPS) is 22.5. The molecule has 2 N–H and O–H groups in total. The first-order valence-electron chi connectivity index (χ1n) is 11.1. The van der Waals surface area contributed by atoms with E-state index in [0.29, 0.717) is 57.5 Å². The Balaban J connectivity index is 1.31. The van der Waals surface area contributed by atoms with Gasteiger partial charge in [0.2, 0.25) is 0 Å². The van der Waals surface area contributed by atoms with Crippen molar-refractivity contribution in [1.82, 2.24) is 10.6 Å². The first kappa shape index (κ1) is 27.3. The zero-order valence-corrected chi connectivity index (χ0v) is 20.3. The molecule has 2 aliphatic rings. The molecule has 2 fully saturated rings. The molecule has 2 aliphatic heterocycles. The summed E-state index contributed by atoms with van der Waals surface area (Å²) in [7, 11) is -3.42. The summed E-state index contributed by atoms with van der Waals surface area (Å²) in [5.74, 6) is 1.24. The predicted octanol–water partition coefficient (Wildman–Crippen LogP) is 1.09. The smallest absolute Gasteiger partial charge is 0.315 e. The minimum absolute atomic E-state index is 0.00149. The van der Waals surface area contributed by atoms with Crippen LogP contribution in [-0.4, -0.2) is 95.8 Å². The quantitative estimate of drug-likeness (QED) is 0.153. The van der Waals surface area contributed by atoms with E-state index in [4.69, 9.17) is 14.2 Å². The number of rotatable bonds is 19. The molecule has 10 nitrogen and oxygen atoms in total. The van der Waals surface area contributed by atoms with Gasteiger partial charge in [0, 0.05) is 30.5 Å². The Kier molecular flexibility index (Phi) is 12.9. The second kappa shape index (κ2) is 15.1. The number of Topliss-reactive ketones (excluding diaryl/α,β-unsaturated/α-hetero) is 1. The van der Waals surface area contributed by atoms with Gasteiger partial charge in [-0.3, -0.25) is 8.98 Å². The van der Waals surface area contributed by atoms with Crippen molar-refractivity contribution in [1.29, 1.82) is 0 Å². The highest BCUT2D eigenvalue weighted by atomic mass is 32.2. The maximum absolute atomic E-state index is 12.0. The van der Waals surface area contributed by atoms with Gasteiger partial charge >= 0.3 is 6.03 Å². The fraction of sp³-hybridized carbons (Fsp3) is 0.900. The van der Waals surface area contributed by atoms with Gasteiger partial charge in [-0.25, -0.2) is 4.79 Å². The van der Waals surface area contributed by atoms with Crippen LogP contribution >= 0.6 is 11.8 Å². The zero-order valence-electron chi connectivity index (χ0n) is 18.7. The van der Waals surface area contributed by atoms with Gasteiger partial charge in [0.05, 0.1) is 58.0 Å². The van der Waals surface area contributed by atoms with Crippen molar-refractivity contribution in [2.24, 2.45) is 0 Å². The SMILES string of the molecule is CS(=O)(=O)OCCOCCOCCOCCCC(=O)CCCC[C@@H]1SC[C@@H]2NC(=O)N[C@@H]21. The minimum atomic E-state index is -3.42. The summed E-state index contributed by atoms with van der Waals surface area (Å²) in [5, 5.41) is 6.39. The topological polar surface area (TPSA) is 129 Å². The van der Waals surface area contributed by atoms with Gasteiger partial charge in [-0.1, -0.05) is 6.42 Å². The van der Waals surface area contributed by atoms with Gasteiger partial charge in [-0.05, 0) is 19.3 Å². The molecule has 0 aromatic rings. The molecule has 0 radical (unpaired) electrons. The number of fused-ring (bicyclic) bond motifs is 1. The van der Waals surface area contributed by atoms with Gasteiger partial charge in [-0.2, -0.15) is 20.2 Å². The highest BCUT2D eigenvalue weighted by molar-refractivity contribution is 8.00. The van der Waals surface area contributed by atoms with Crippen molar-refractivity contribution in [3.63, 3.8) is 0 Å². The maximum Gasteiger partial charge on any atom is 0.315 e. The molecule has 0 unspecified atom stereocenters. The highest BCUT2D eigenvalue weighted by Gasteiger charge is 2.42. The summed E-state index contributed by atoms with van der Waals surface area (Å²) in [5.41, 5.74) is 0. The number of thioether (sulfide) groups is 1. The van der Waals surface area contributed by atoms with Crippen LogP contribution < -0.4 is 10.6 Å². The van der Waals surface area contributed by atoms with E-state index in [-0.39, 0.29) is 37.1 Å². The number of ether oxygens (including phenoxy) is 3. The first-order valence-corrected chi connectivity index (χ1v) is 14.0. The lowest BCUT2D eigenvalue weighted by Gasteiger charge is -2.16. The highest BCUT2D eigenvalue weighted by Crippen LogP contribution is 2.33. The van der Waals surface area contributed by atoms with Crippen LogP contribution in [0.15, 0.2) is 0 Å². The Labute approximate surface area is 194 Å². The molecular weight excluding hydrogens is 460 g/mol. The number of carbonyl (C=O) groups excluding carboxylic acids is 2. The van der Waals surface area contributed by atoms with E-state index < -0.39 is 10.1 Å². The Morgan fingerprint density at radius 1 is 0.938 bits per heavy atom. The van der Waals surface area contributed by atoms with Crippen molar-refractivity contribution < 1.29 is 36.4 Å². The summed E-state index contributed by atoms with van der Waals surface area (Å²) in [6.45, 7) is 2.36. The Bertz CT molecular complexity index is 677. The van der Waals surface area contributed by atoms with Crippen LogP contribution in [0.4, 0.5) is 4.79 Å². The third kappa shape index (κ3) is 11.8. The monoisotopic (exact) mass is 496 g/mol. The van der Waals surface area contributed by atoms with Gasteiger partial charge < -0.3 is 24.8 Å². The Hall–Kier alpha value is -0.920. The molecule has 3 atom stereocenters. The molecule has 0 spiro atoms. The number of hydrogen-bond acceptors (Lipinski definition) is 9. The summed E-state index contributed by atoms with van der Waals surface area (Å²) in [6.07, 6.45) is 5.78. The van der Waals surface area contributed by atoms with E-state index in [0.717, 1.165) is 31.3 Å². The molecule has 0 aromatic heterocycles. The molecule has 0 saturated carbocycles. The second-order valence-corrected chi connectivity index (χ2v) is 10.8. The summed E-state index contributed by atoms with van der Waals surface area (Å²) >= 11 is 1.91. The van der Waals surface area contributed by atoms with Crippen LogP contribution in [0.1, 0.15) is 38.5 Å². The van der Waals surface area contributed by atoms with Crippen LogP contribution in [0, 0.1) is 0 Å². The van der Waals surface area contributed by atoms with E-state index >= 15 is 0 Å². The van der Waals surface area contributed by atoms with Crippen molar-refractivity contribution in [2.75, 3.05) is 58.3 Å². The Morgan fingerprint density at radius 2 is 1.56 bits per heavy atom. The molecule has 12 heteroatoms. The van der Waals surface area contributed by atoms with Crippen LogP contribution in [0.3, 0.4) is 0 Å². The lowest BCUT2D eigenvalue weighted by atomic mass is 10.0. The predicted molar refractivity (Wildman–Crippen MR) is 121 cm³/mol. The average molecular weight is 497 g/mol. The maximum atomic E-state index is 12.0. The van der Waals surface area contributed by atoms with Crippen LogP contribution in [-0.2, 0) is 33.3 Å².